The highest BCUT2D eigenvalue weighted by Gasteiger charge is 2.52. The Morgan fingerprint density at radius 1 is 1.43 bits per heavy atom. The molecular formula is C9H12F2O3. The zero-order valence-corrected chi connectivity index (χ0v) is 7.89. The van der Waals surface area contributed by atoms with Crippen LogP contribution >= 0.6 is 0 Å². The van der Waals surface area contributed by atoms with E-state index in [1.54, 1.807) is 0 Å². The van der Waals surface area contributed by atoms with Crippen molar-refractivity contribution in [2.75, 3.05) is 6.61 Å². The molecule has 0 amide bonds. The van der Waals surface area contributed by atoms with Crippen LogP contribution < -0.4 is 0 Å². The molecule has 1 saturated carbocycles. The Bertz CT molecular complexity index is 246. The van der Waals surface area contributed by atoms with Crippen molar-refractivity contribution in [3.05, 3.63) is 0 Å². The van der Waals surface area contributed by atoms with Gasteiger partial charge in [-0.1, -0.05) is 6.42 Å². The lowest BCUT2D eigenvalue weighted by atomic mass is 9.80. The van der Waals surface area contributed by atoms with E-state index >= 15 is 0 Å². The van der Waals surface area contributed by atoms with Gasteiger partial charge in [-0.15, -0.1) is 0 Å². The maximum Gasteiger partial charge on any atom is 0.400 e. The van der Waals surface area contributed by atoms with Crippen molar-refractivity contribution in [2.45, 2.75) is 32.1 Å². The number of hydrogen-bond acceptors (Lipinski definition) is 3. The van der Waals surface area contributed by atoms with Crippen LogP contribution in [0.3, 0.4) is 0 Å². The van der Waals surface area contributed by atoms with Crippen molar-refractivity contribution < 1.29 is 23.1 Å². The predicted molar refractivity (Wildman–Crippen MR) is 43.9 cm³/mol. The van der Waals surface area contributed by atoms with Crippen LogP contribution in [0.1, 0.15) is 26.2 Å². The molecule has 0 heterocycles. The highest BCUT2D eigenvalue weighted by molar-refractivity contribution is 6.06. The number of ether oxygens (including phenoxy) is 1. The quantitative estimate of drug-likeness (QED) is 0.517. The summed E-state index contributed by atoms with van der Waals surface area (Å²) in [5.74, 6) is -7.63. The van der Waals surface area contributed by atoms with Crippen LogP contribution in [0.15, 0.2) is 0 Å². The largest absolute Gasteiger partial charge is 0.461 e. The second-order valence-corrected chi connectivity index (χ2v) is 3.29. The van der Waals surface area contributed by atoms with E-state index in [1.165, 1.54) is 6.92 Å². The van der Waals surface area contributed by atoms with E-state index in [0.29, 0.717) is 12.8 Å². The fourth-order valence-electron chi connectivity index (χ4n) is 1.25. The third-order valence-corrected chi connectivity index (χ3v) is 2.32. The summed E-state index contributed by atoms with van der Waals surface area (Å²) in [6.45, 7) is 1.27. The summed E-state index contributed by atoms with van der Waals surface area (Å²) in [5, 5.41) is 0. The van der Waals surface area contributed by atoms with Crippen LogP contribution in [0.4, 0.5) is 8.78 Å². The van der Waals surface area contributed by atoms with Crippen molar-refractivity contribution in [2.24, 2.45) is 5.92 Å². The Labute approximate surface area is 80.4 Å². The van der Waals surface area contributed by atoms with Gasteiger partial charge in [0.1, 0.15) is 0 Å². The second kappa shape index (κ2) is 4.02. The zero-order valence-electron chi connectivity index (χ0n) is 7.89. The van der Waals surface area contributed by atoms with Crippen molar-refractivity contribution in [3.8, 4) is 0 Å². The van der Waals surface area contributed by atoms with E-state index in [2.05, 4.69) is 4.74 Å². The molecule has 1 rings (SSSR count). The molecule has 0 N–H and O–H groups in total. The van der Waals surface area contributed by atoms with Crippen molar-refractivity contribution in [1.82, 2.24) is 0 Å². The first kappa shape index (κ1) is 11.1. The van der Waals surface area contributed by atoms with Gasteiger partial charge in [-0.2, -0.15) is 8.78 Å². The highest BCUT2D eigenvalue weighted by Crippen LogP contribution is 2.33. The average Bonchev–Trinajstić information content (AvgIpc) is 2.01. The van der Waals surface area contributed by atoms with Crippen molar-refractivity contribution in [1.29, 1.82) is 0 Å². The Morgan fingerprint density at radius 2 is 2.00 bits per heavy atom. The molecule has 3 nitrogen and oxygen atoms in total. The number of ketones is 1. The standard InChI is InChI=1S/C9H12F2O3/c1-2-14-8(13)9(10,11)7(12)6-4-3-5-6/h6H,2-5H2,1H3. The van der Waals surface area contributed by atoms with Crippen molar-refractivity contribution in [3.63, 3.8) is 0 Å². The minimum atomic E-state index is -3.96. The number of alkyl halides is 2. The Balaban J connectivity index is 2.62. The number of esters is 1. The minimum Gasteiger partial charge on any atom is -0.461 e. The third kappa shape index (κ3) is 1.91. The molecule has 0 radical (unpaired) electrons. The van der Waals surface area contributed by atoms with Gasteiger partial charge in [0.25, 0.3) is 0 Å². The Hall–Kier alpha value is -1.00. The number of Topliss-reactive ketones (excluding diaryl/α,β-unsaturated/α-hetero) is 1. The maximum absolute atomic E-state index is 13.0. The molecule has 1 aliphatic rings. The molecule has 5 heteroatoms. The molecule has 0 saturated heterocycles. The lowest BCUT2D eigenvalue weighted by Gasteiger charge is -2.26. The van der Waals surface area contributed by atoms with E-state index < -0.39 is 23.6 Å². The first-order valence-corrected chi connectivity index (χ1v) is 4.59. The van der Waals surface area contributed by atoms with Crippen LogP contribution in [-0.4, -0.2) is 24.3 Å². The minimum absolute atomic E-state index is 0.146. The molecule has 0 aliphatic heterocycles. The summed E-state index contributed by atoms with van der Waals surface area (Å²) in [7, 11) is 0. The van der Waals surface area contributed by atoms with Gasteiger partial charge >= 0.3 is 11.9 Å². The molecule has 0 atom stereocenters. The maximum atomic E-state index is 13.0. The molecule has 0 aromatic heterocycles. The topological polar surface area (TPSA) is 43.4 Å². The predicted octanol–water partition coefficient (Wildman–Crippen LogP) is 1.55. The summed E-state index contributed by atoms with van der Waals surface area (Å²) in [4.78, 5) is 21.9. The van der Waals surface area contributed by atoms with Gasteiger partial charge in [0.2, 0.25) is 5.78 Å². The Morgan fingerprint density at radius 3 is 2.36 bits per heavy atom. The monoisotopic (exact) mass is 206 g/mol. The molecule has 80 valence electrons. The van der Waals surface area contributed by atoms with Gasteiger partial charge in [0, 0.05) is 5.92 Å². The van der Waals surface area contributed by atoms with Crippen LogP contribution in [0.25, 0.3) is 0 Å². The van der Waals surface area contributed by atoms with Gasteiger partial charge in [0.05, 0.1) is 6.61 Å². The van der Waals surface area contributed by atoms with Crippen LogP contribution in [-0.2, 0) is 14.3 Å². The fraction of sp³-hybridized carbons (Fsp3) is 0.778. The molecular weight excluding hydrogens is 194 g/mol. The second-order valence-electron chi connectivity index (χ2n) is 3.29. The first-order valence-electron chi connectivity index (χ1n) is 4.59. The number of rotatable bonds is 4. The van der Waals surface area contributed by atoms with E-state index in [9.17, 15) is 18.4 Å². The summed E-state index contributed by atoms with van der Waals surface area (Å²) in [6.07, 6.45) is 1.68. The van der Waals surface area contributed by atoms with Gasteiger partial charge in [-0.05, 0) is 19.8 Å². The van der Waals surface area contributed by atoms with E-state index in [4.69, 9.17) is 0 Å². The van der Waals surface area contributed by atoms with E-state index in [-0.39, 0.29) is 6.61 Å². The van der Waals surface area contributed by atoms with Crippen molar-refractivity contribution >= 4 is 11.8 Å². The smallest absolute Gasteiger partial charge is 0.400 e. The average molecular weight is 206 g/mol. The molecule has 0 spiro atoms. The van der Waals surface area contributed by atoms with Crippen LogP contribution in [0.2, 0.25) is 0 Å². The zero-order chi connectivity index (χ0) is 10.8. The third-order valence-electron chi connectivity index (χ3n) is 2.32. The summed E-state index contributed by atoms with van der Waals surface area (Å²) < 4.78 is 30.2. The van der Waals surface area contributed by atoms with Gasteiger partial charge < -0.3 is 4.74 Å². The fourth-order valence-corrected chi connectivity index (χ4v) is 1.25. The SMILES string of the molecule is CCOC(=O)C(F)(F)C(=O)C1CCC1. The first-order chi connectivity index (χ1) is 6.50. The normalized spacial score (nSPS) is 17.4. The van der Waals surface area contributed by atoms with Gasteiger partial charge in [-0.25, -0.2) is 4.79 Å². The molecule has 1 aliphatic carbocycles. The van der Waals surface area contributed by atoms with Gasteiger partial charge in [-0.3, -0.25) is 4.79 Å². The number of carbonyl (C=O) groups is 2. The Kier molecular flexibility index (Phi) is 3.18. The summed E-state index contributed by atoms with van der Waals surface area (Å²) in [5.41, 5.74) is 0. The lowest BCUT2D eigenvalue weighted by Crippen LogP contribution is -2.44. The summed E-state index contributed by atoms with van der Waals surface area (Å²) in [6, 6.07) is 0. The highest BCUT2D eigenvalue weighted by atomic mass is 19.3. The molecule has 0 aromatic rings. The molecule has 14 heavy (non-hydrogen) atoms. The molecule has 0 aromatic carbocycles. The van der Waals surface area contributed by atoms with E-state index in [1.807, 2.05) is 0 Å². The lowest BCUT2D eigenvalue weighted by molar-refractivity contribution is -0.179. The number of hydrogen-bond donors (Lipinski definition) is 0. The van der Waals surface area contributed by atoms with Crippen LogP contribution in [0, 0.1) is 5.92 Å². The van der Waals surface area contributed by atoms with Gasteiger partial charge in [0.15, 0.2) is 0 Å². The van der Waals surface area contributed by atoms with E-state index in [0.717, 1.165) is 6.42 Å². The number of carbonyl (C=O) groups excluding carboxylic acids is 2. The molecule has 0 bridgehead atoms. The van der Waals surface area contributed by atoms with Crippen LogP contribution in [0.5, 0.6) is 0 Å². The number of halogens is 2. The summed E-state index contributed by atoms with van der Waals surface area (Å²) >= 11 is 0. The molecule has 1 fully saturated rings. The molecule has 0 unspecified atom stereocenters.